The highest BCUT2D eigenvalue weighted by Gasteiger charge is 2.36. The third-order valence-corrected chi connectivity index (χ3v) is 3.42. The normalized spacial score (nSPS) is 12.9. The molecule has 0 atom stereocenters. The molecule has 1 aliphatic rings. The van der Waals surface area contributed by atoms with Crippen molar-refractivity contribution in [2.75, 3.05) is 11.9 Å². The molecule has 1 aliphatic heterocycles. The van der Waals surface area contributed by atoms with Crippen LogP contribution in [0.1, 0.15) is 31.1 Å². The van der Waals surface area contributed by atoms with E-state index in [1.54, 1.807) is 12.1 Å². The van der Waals surface area contributed by atoms with Crippen molar-refractivity contribution in [2.45, 2.75) is 0 Å². The number of rotatable bonds is 4. The first-order chi connectivity index (χ1) is 11.5. The molecule has 120 valence electrons. The lowest BCUT2D eigenvalue weighted by atomic mass is 10.1. The summed E-state index contributed by atoms with van der Waals surface area (Å²) >= 11 is 0. The summed E-state index contributed by atoms with van der Waals surface area (Å²) < 4.78 is 0. The average molecular weight is 325 g/mol. The van der Waals surface area contributed by atoms with Crippen molar-refractivity contribution < 1.29 is 19.2 Å². The first-order valence-electron chi connectivity index (χ1n) is 6.84. The number of carbonyl (C=O) groups is 4. The summed E-state index contributed by atoms with van der Waals surface area (Å²) in [5, 5.41) is 2.35. The van der Waals surface area contributed by atoms with Crippen LogP contribution >= 0.6 is 0 Å². The molecule has 2 aromatic rings. The van der Waals surface area contributed by atoms with E-state index < -0.39 is 30.2 Å². The van der Waals surface area contributed by atoms with Crippen LogP contribution in [-0.4, -0.2) is 45.0 Å². The first-order valence-corrected chi connectivity index (χ1v) is 6.84. The Labute approximate surface area is 135 Å². The predicted octanol–water partition coefficient (Wildman–Crippen LogP) is -0.190. The molecule has 3 N–H and O–H groups in total. The van der Waals surface area contributed by atoms with Gasteiger partial charge in [-0.25, -0.2) is 9.97 Å². The van der Waals surface area contributed by atoms with E-state index in [4.69, 9.17) is 5.73 Å². The van der Waals surface area contributed by atoms with Crippen molar-refractivity contribution in [3.8, 4) is 0 Å². The molecule has 9 nitrogen and oxygen atoms in total. The fraction of sp³-hybridized carbons (Fsp3) is 0.0667. The monoisotopic (exact) mass is 325 g/mol. The maximum absolute atomic E-state index is 12.2. The van der Waals surface area contributed by atoms with Gasteiger partial charge < -0.3 is 11.1 Å². The molecule has 0 aliphatic carbocycles. The quantitative estimate of drug-likeness (QED) is 0.748. The van der Waals surface area contributed by atoms with E-state index in [2.05, 4.69) is 15.3 Å². The molecule has 1 aromatic heterocycles. The highest BCUT2D eigenvalue weighted by molar-refractivity contribution is 6.22. The van der Waals surface area contributed by atoms with E-state index >= 15 is 0 Å². The van der Waals surface area contributed by atoms with Crippen molar-refractivity contribution in [3.63, 3.8) is 0 Å². The fourth-order valence-corrected chi connectivity index (χ4v) is 2.31. The molecule has 0 fully saturated rings. The number of nitrogens with one attached hydrogen (secondary N) is 1. The molecule has 4 amide bonds. The molecule has 24 heavy (non-hydrogen) atoms. The minimum atomic E-state index is -0.813. The molecular formula is C15H11N5O4. The molecule has 0 spiro atoms. The summed E-state index contributed by atoms with van der Waals surface area (Å²) in [4.78, 5) is 56.0. The zero-order chi connectivity index (χ0) is 17.3. The van der Waals surface area contributed by atoms with Crippen LogP contribution in [0.4, 0.5) is 5.82 Å². The molecule has 0 saturated carbocycles. The number of benzene rings is 1. The molecule has 0 unspecified atom stereocenters. The van der Waals surface area contributed by atoms with Crippen molar-refractivity contribution in [1.82, 2.24) is 14.9 Å². The number of nitrogens with two attached hydrogens (primary N) is 1. The number of fused-ring (bicyclic) bond motifs is 1. The minimum Gasteiger partial charge on any atom is -0.365 e. The van der Waals surface area contributed by atoms with Crippen molar-refractivity contribution in [1.29, 1.82) is 0 Å². The molecule has 0 radical (unpaired) electrons. The summed E-state index contributed by atoms with van der Waals surface area (Å²) in [6, 6.07) is 6.30. The Hall–Kier alpha value is -3.62. The van der Waals surface area contributed by atoms with Gasteiger partial charge in [-0.05, 0) is 12.1 Å². The zero-order valence-electron chi connectivity index (χ0n) is 12.2. The fourth-order valence-electron chi connectivity index (χ4n) is 2.31. The number of carbonyl (C=O) groups excluding carboxylic acids is 4. The Bertz CT molecular complexity index is 845. The second-order valence-electron chi connectivity index (χ2n) is 4.94. The molecule has 3 rings (SSSR count). The van der Waals surface area contributed by atoms with Gasteiger partial charge in [0.2, 0.25) is 5.91 Å². The van der Waals surface area contributed by atoms with Crippen LogP contribution in [0.15, 0.2) is 36.8 Å². The number of amides is 4. The first kappa shape index (κ1) is 15.3. The maximum atomic E-state index is 12.2. The highest BCUT2D eigenvalue weighted by Crippen LogP contribution is 2.22. The molecule has 2 heterocycles. The maximum Gasteiger partial charge on any atom is 0.262 e. The van der Waals surface area contributed by atoms with E-state index in [-0.39, 0.29) is 22.5 Å². The van der Waals surface area contributed by atoms with E-state index in [0.717, 1.165) is 17.4 Å². The second-order valence-corrected chi connectivity index (χ2v) is 4.94. The van der Waals surface area contributed by atoms with Crippen molar-refractivity contribution in [2.24, 2.45) is 5.73 Å². The molecule has 0 bridgehead atoms. The third-order valence-electron chi connectivity index (χ3n) is 3.42. The zero-order valence-corrected chi connectivity index (χ0v) is 12.2. The van der Waals surface area contributed by atoms with Crippen LogP contribution in [0.2, 0.25) is 0 Å². The van der Waals surface area contributed by atoms with E-state index in [1.807, 2.05) is 0 Å². The van der Waals surface area contributed by atoms with Gasteiger partial charge in [-0.1, -0.05) is 12.1 Å². The van der Waals surface area contributed by atoms with Gasteiger partial charge in [0.15, 0.2) is 0 Å². The standard InChI is InChI=1S/C15H11N5O4/c16-12(22)10-5-17-7-18-13(10)19-11(21)6-20-14(23)8-3-1-2-4-9(8)15(20)24/h1-5,7H,6H2,(H2,16,22)(H,17,18,19,21). The lowest BCUT2D eigenvalue weighted by molar-refractivity contribution is -0.116. The number of anilines is 1. The summed E-state index contributed by atoms with van der Waals surface area (Å²) in [5.74, 6) is -2.69. The molecule has 1 aromatic carbocycles. The number of nitrogens with zero attached hydrogens (tertiary/aromatic N) is 3. The van der Waals surface area contributed by atoms with Crippen LogP contribution in [0, 0.1) is 0 Å². The highest BCUT2D eigenvalue weighted by atomic mass is 16.2. The van der Waals surface area contributed by atoms with Crippen LogP contribution in [-0.2, 0) is 4.79 Å². The van der Waals surface area contributed by atoms with Crippen LogP contribution in [0.25, 0.3) is 0 Å². The van der Waals surface area contributed by atoms with E-state index in [9.17, 15) is 19.2 Å². The number of aromatic nitrogens is 2. The van der Waals surface area contributed by atoms with Crippen LogP contribution in [0.3, 0.4) is 0 Å². The van der Waals surface area contributed by atoms with Gasteiger partial charge in [0.1, 0.15) is 24.3 Å². The molecule has 0 saturated heterocycles. The number of hydrogen-bond acceptors (Lipinski definition) is 6. The number of hydrogen-bond donors (Lipinski definition) is 2. The van der Waals surface area contributed by atoms with Gasteiger partial charge in [-0.2, -0.15) is 0 Å². The summed E-state index contributed by atoms with van der Waals surface area (Å²) in [6.07, 6.45) is 2.29. The number of primary amides is 1. The predicted molar refractivity (Wildman–Crippen MR) is 81.0 cm³/mol. The van der Waals surface area contributed by atoms with Crippen LogP contribution in [0.5, 0.6) is 0 Å². The van der Waals surface area contributed by atoms with Gasteiger partial charge in [-0.3, -0.25) is 24.1 Å². The minimum absolute atomic E-state index is 0.0757. The van der Waals surface area contributed by atoms with Gasteiger partial charge in [-0.15, -0.1) is 0 Å². The summed E-state index contributed by atoms with van der Waals surface area (Å²) in [6.45, 7) is -0.505. The summed E-state index contributed by atoms with van der Waals surface area (Å²) in [7, 11) is 0. The Balaban J connectivity index is 1.77. The largest absolute Gasteiger partial charge is 0.365 e. The van der Waals surface area contributed by atoms with Gasteiger partial charge in [0.05, 0.1) is 11.1 Å². The Morgan fingerprint density at radius 2 is 1.75 bits per heavy atom. The Morgan fingerprint density at radius 1 is 1.12 bits per heavy atom. The van der Waals surface area contributed by atoms with Crippen LogP contribution < -0.4 is 11.1 Å². The van der Waals surface area contributed by atoms with E-state index in [0.29, 0.717) is 0 Å². The second kappa shape index (κ2) is 5.88. The SMILES string of the molecule is NC(=O)c1cncnc1NC(=O)CN1C(=O)c2ccccc2C1=O. The van der Waals surface area contributed by atoms with Gasteiger partial charge in [0.25, 0.3) is 17.7 Å². The van der Waals surface area contributed by atoms with Gasteiger partial charge in [0, 0.05) is 6.20 Å². The average Bonchev–Trinajstić information content (AvgIpc) is 2.80. The lowest BCUT2D eigenvalue weighted by Gasteiger charge is -2.13. The smallest absolute Gasteiger partial charge is 0.262 e. The van der Waals surface area contributed by atoms with Gasteiger partial charge >= 0.3 is 0 Å². The Kier molecular flexibility index (Phi) is 3.74. The van der Waals surface area contributed by atoms with Crippen molar-refractivity contribution >= 4 is 29.4 Å². The Morgan fingerprint density at radius 3 is 2.33 bits per heavy atom. The molecule has 9 heteroatoms. The third kappa shape index (κ3) is 2.58. The molecular weight excluding hydrogens is 314 g/mol. The van der Waals surface area contributed by atoms with E-state index in [1.165, 1.54) is 12.1 Å². The number of imide groups is 1. The topological polar surface area (TPSA) is 135 Å². The lowest BCUT2D eigenvalue weighted by Crippen LogP contribution is -2.37. The summed E-state index contributed by atoms with van der Waals surface area (Å²) in [5.41, 5.74) is 5.58. The van der Waals surface area contributed by atoms with Crippen molar-refractivity contribution in [3.05, 3.63) is 53.5 Å².